The second-order valence-electron chi connectivity index (χ2n) is 5.35. The van der Waals surface area contributed by atoms with Crippen LogP contribution < -0.4 is 5.32 Å². The number of carbonyl (C=O) groups excluding carboxylic acids is 1. The van der Waals surface area contributed by atoms with Gasteiger partial charge in [-0.15, -0.1) is 11.3 Å². The summed E-state index contributed by atoms with van der Waals surface area (Å²) in [7, 11) is 0. The van der Waals surface area contributed by atoms with E-state index in [1.165, 1.54) is 11.3 Å². The number of piperidine rings is 1. The lowest BCUT2D eigenvalue weighted by Crippen LogP contribution is -2.43. The van der Waals surface area contributed by atoms with Gasteiger partial charge in [0.1, 0.15) is 4.88 Å². The lowest BCUT2D eigenvalue weighted by atomic mass is 9.98. The van der Waals surface area contributed by atoms with Crippen LogP contribution in [-0.2, 0) is 4.79 Å². The number of carboxylic acids is 1. The number of amides is 1. The Labute approximate surface area is 132 Å². The summed E-state index contributed by atoms with van der Waals surface area (Å²) in [5.41, 5.74) is 0.932. The van der Waals surface area contributed by atoms with Gasteiger partial charge < -0.3 is 15.3 Å². The molecule has 1 aromatic rings. The zero-order chi connectivity index (χ0) is 15.4. The number of rotatable bonds is 5. The molecular formula is C14H19ClN2O3S. The fraction of sp³-hybridized carbons (Fsp3) is 0.571. The van der Waals surface area contributed by atoms with Crippen molar-refractivity contribution in [3.05, 3.63) is 20.8 Å². The van der Waals surface area contributed by atoms with Gasteiger partial charge in [-0.3, -0.25) is 9.59 Å². The van der Waals surface area contributed by atoms with Crippen molar-refractivity contribution in [1.29, 1.82) is 0 Å². The smallest absolute Gasteiger partial charge is 0.317 e. The lowest BCUT2D eigenvalue weighted by molar-refractivity contribution is -0.136. The molecule has 1 aromatic heterocycles. The molecule has 0 aromatic carbocycles. The van der Waals surface area contributed by atoms with Crippen molar-refractivity contribution in [3.8, 4) is 0 Å². The molecule has 21 heavy (non-hydrogen) atoms. The molecular weight excluding hydrogens is 312 g/mol. The van der Waals surface area contributed by atoms with E-state index in [4.69, 9.17) is 16.7 Å². The first kappa shape index (κ1) is 16.3. The summed E-state index contributed by atoms with van der Waals surface area (Å²) >= 11 is 7.55. The number of carboxylic acid groups (broad SMARTS) is 1. The van der Waals surface area contributed by atoms with E-state index in [-0.39, 0.29) is 12.5 Å². The van der Waals surface area contributed by atoms with Crippen LogP contribution in [0.3, 0.4) is 0 Å². The van der Waals surface area contributed by atoms with Gasteiger partial charge in [0.2, 0.25) is 0 Å². The third kappa shape index (κ3) is 4.18. The van der Waals surface area contributed by atoms with Crippen LogP contribution >= 0.6 is 22.9 Å². The van der Waals surface area contributed by atoms with Crippen molar-refractivity contribution >= 4 is 34.8 Å². The second kappa shape index (κ2) is 7.24. The highest BCUT2D eigenvalue weighted by atomic mass is 35.5. The quantitative estimate of drug-likeness (QED) is 0.868. The van der Waals surface area contributed by atoms with Gasteiger partial charge in [-0.05, 0) is 36.6 Å². The van der Waals surface area contributed by atoms with Crippen molar-refractivity contribution < 1.29 is 14.7 Å². The molecule has 1 fully saturated rings. The number of aliphatic carboxylic acids is 1. The number of hydrogen-bond donors (Lipinski definition) is 2. The molecule has 116 valence electrons. The van der Waals surface area contributed by atoms with E-state index in [0.717, 1.165) is 24.9 Å². The number of carbonyl (C=O) groups is 2. The number of likely N-dealkylation sites (tertiary alicyclic amines) is 1. The van der Waals surface area contributed by atoms with Crippen molar-refractivity contribution in [1.82, 2.24) is 10.2 Å². The van der Waals surface area contributed by atoms with Gasteiger partial charge in [-0.1, -0.05) is 11.6 Å². The van der Waals surface area contributed by atoms with Crippen LogP contribution in [0, 0.1) is 12.8 Å². The normalized spacial score (nSPS) is 18.8. The Morgan fingerprint density at radius 1 is 1.57 bits per heavy atom. The molecule has 0 aliphatic carbocycles. The third-order valence-corrected chi connectivity index (χ3v) is 5.29. The molecule has 7 heteroatoms. The molecule has 2 rings (SSSR count). The average molecular weight is 331 g/mol. The maximum absolute atomic E-state index is 12.5. The van der Waals surface area contributed by atoms with Crippen LogP contribution in [0.25, 0.3) is 0 Å². The Bertz CT molecular complexity index is 532. The summed E-state index contributed by atoms with van der Waals surface area (Å²) < 4.78 is 0. The molecule has 0 saturated carbocycles. The monoisotopic (exact) mass is 330 g/mol. The zero-order valence-corrected chi connectivity index (χ0v) is 13.5. The summed E-state index contributed by atoms with van der Waals surface area (Å²) in [6.07, 6.45) is 1.95. The summed E-state index contributed by atoms with van der Waals surface area (Å²) in [5, 5.41) is 14.0. The van der Waals surface area contributed by atoms with E-state index in [1.807, 2.05) is 17.2 Å². The van der Waals surface area contributed by atoms with Gasteiger partial charge in [-0.25, -0.2) is 0 Å². The topological polar surface area (TPSA) is 69.6 Å². The third-order valence-electron chi connectivity index (χ3n) is 3.61. The van der Waals surface area contributed by atoms with Crippen LogP contribution in [0.5, 0.6) is 0 Å². The number of aryl methyl sites for hydroxylation is 1. The summed E-state index contributed by atoms with van der Waals surface area (Å²) in [6, 6.07) is 0. The number of nitrogens with zero attached hydrogens (tertiary/aromatic N) is 1. The van der Waals surface area contributed by atoms with E-state index >= 15 is 0 Å². The summed E-state index contributed by atoms with van der Waals surface area (Å²) in [6.45, 7) is 3.86. The van der Waals surface area contributed by atoms with Crippen molar-refractivity contribution in [2.75, 3.05) is 26.2 Å². The molecule has 0 bridgehead atoms. The van der Waals surface area contributed by atoms with Gasteiger partial charge in [0.05, 0.1) is 11.6 Å². The minimum Gasteiger partial charge on any atom is -0.480 e. The highest BCUT2D eigenvalue weighted by Crippen LogP contribution is 2.29. The van der Waals surface area contributed by atoms with Crippen molar-refractivity contribution in [2.24, 2.45) is 5.92 Å². The van der Waals surface area contributed by atoms with Gasteiger partial charge in [-0.2, -0.15) is 0 Å². The van der Waals surface area contributed by atoms with Gasteiger partial charge >= 0.3 is 5.97 Å². The Kier molecular flexibility index (Phi) is 5.61. The predicted octanol–water partition coefficient (Wildman–Crippen LogP) is 2.24. The molecule has 0 radical (unpaired) electrons. The second-order valence-corrected chi connectivity index (χ2v) is 6.60. The molecule has 2 heterocycles. The molecule has 1 aliphatic rings. The first-order chi connectivity index (χ1) is 9.99. The molecule has 1 unspecified atom stereocenters. The molecule has 1 atom stereocenters. The lowest BCUT2D eigenvalue weighted by Gasteiger charge is -2.32. The zero-order valence-electron chi connectivity index (χ0n) is 11.9. The highest BCUT2D eigenvalue weighted by molar-refractivity contribution is 7.13. The first-order valence-corrected chi connectivity index (χ1v) is 8.20. The number of nitrogens with one attached hydrogen (secondary N) is 1. The standard InChI is InChI=1S/C14H19ClN2O3S/c1-9-8-21-13(12(9)15)14(20)17-4-2-3-10(7-17)5-16-6-11(18)19/h8,10,16H,2-7H2,1H3,(H,18,19). The van der Waals surface area contributed by atoms with E-state index in [9.17, 15) is 9.59 Å². The fourth-order valence-electron chi connectivity index (χ4n) is 2.52. The van der Waals surface area contributed by atoms with Crippen molar-refractivity contribution in [2.45, 2.75) is 19.8 Å². The van der Waals surface area contributed by atoms with E-state index < -0.39 is 5.97 Å². The average Bonchev–Trinajstić information content (AvgIpc) is 2.78. The van der Waals surface area contributed by atoms with Crippen LogP contribution in [0.4, 0.5) is 0 Å². The number of hydrogen-bond acceptors (Lipinski definition) is 4. The van der Waals surface area contributed by atoms with Gasteiger partial charge in [0, 0.05) is 19.6 Å². The van der Waals surface area contributed by atoms with Gasteiger partial charge in [0.25, 0.3) is 5.91 Å². The van der Waals surface area contributed by atoms with Crippen LogP contribution in [0.1, 0.15) is 28.1 Å². The molecule has 2 N–H and O–H groups in total. The van der Waals surface area contributed by atoms with E-state index in [0.29, 0.717) is 28.9 Å². The Morgan fingerprint density at radius 3 is 2.95 bits per heavy atom. The Morgan fingerprint density at radius 2 is 2.33 bits per heavy atom. The molecule has 1 amide bonds. The Hall–Kier alpha value is -1.11. The maximum Gasteiger partial charge on any atom is 0.317 e. The maximum atomic E-state index is 12.5. The Balaban J connectivity index is 1.92. The minimum atomic E-state index is -0.861. The highest BCUT2D eigenvalue weighted by Gasteiger charge is 2.26. The minimum absolute atomic E-state index is 0.0129. The van der Waals surface area contributed by atoms with Crippen LogP contribution in [0.2, 0.25) is 5.02 Å². The molecule has 1 saturated heterocycles. The molecule has 0 spiro atoms. The fourth-order valence-corrected chi connectivity index (χ4v) is 3.76. The largest absolute Gasteiger partial charge is 0.480 e. The summed E-state index contributed by atoms with van der Waals surface area (Å²) in [5.74, 6) is -0.581. The van der Waals surface area contributed by atoms with Gasteiger partial charge in [0.15, 0.2) is 0 Å². The van der Waals surface area contributed by atoms with Crippen LogP contribution in [-0.4, -0.2) is 48.1 Å². The van der Waals surface area contributed by atoms with Crippen LogP contribution in [0.15, 0.2) is 5.38 Å². The molecule has 1 aliphatic heterocycles. The van der Waals surface area contributed by atoms with E-state index in [2.05, 4.69) is 5.32 Å². The predicted molar refractivity (Wildman–Crippen MR) is 83.2 cm³/mol. The van der Waals surface area contributed by atoms with E-state index in [1.54, 1.807) is 0 Å². The number of halogens is 1. The summed E-state index contributed by atoms with van der Waals surface area (Å²) in [4.78, 5) is 25.4. The van der Waals surface area contributed by atoms with Crippen molar-refractivity contribution in [3.63, 3.8) is 0 Å². The number of thiophene rings is 1. The molecule has 5 nitrogen and oxygen atoms in total. The first-order valence-electron chi connectivity index (χ1n) is 6.94. The SMILES string of the molecule is Cc1csc(C(=O)N2CCCC(CNCC(=O)O)C2)c1Cl.